The number of rotatable bonds is 6. The molecular weight excluding hydrogens is 390 g/mol. The Kier molecular flexibility index (Phi) is 6.36. The lowest BCUT2D eigenvalue weighted by Gasteiger charge is -2.58. The number of hydrogen-bond donors (Lipinski definition) is 4. The molecule has 162 valence electrons. The van der Waals surface area contributed by atoms with Crippen LogP contribution in [0.15, 0.2) is 0 Å². The van der Waals surface area contributed by atoms with Gasteiger partial charge in [0.05, 0.1) is 23.4 Å². The van der Waals surface area contributed by atoms with Crippen molar-refractivity contribution in [2.75, 3.05) is 19.7 Å². The summed E-state index contributed by atoms with van der Waals surface area (Å²) in [5, 5.41) is 27.5. The molecule has 0 aromatic carbocycles. The molecule has 0 saturated heterocycles. The summed E-state index contributed by atoms with van der Waals surface area (Å²) in [7, 11) is 0. The normalized spacial score (nSPS) is 33.5. The van der Waals surface area contributed by atoms with Crippen LogP contribution < -0.4 is 10.6 Å². The largest absolute Gasteiger partial charge is 0.396 e. The topological polar surface area (TPSA) is 112 Å². The van der Waals surface area contributed by atoms with Crippen molar-refractivity contribution in [3.8, 4) is 0 Å². The molecule has 2 amide bonds. The maximum absolute atomic E-state index is 12.7. The lowest BCUT2D eigenvalue weighted by Crippen LogP contribution is -2.57. The molecule has 1 fully saturated rings. The zero-order valence-corrected chi connectivity index (χ0v) is 18.6. The second-order valence-corrected chi connectivity index (χ2v) is 10.4. The number of carbonyl (C=O) groups excluding carboxylic acids is 2. The third-order valence-corrected chi connectivity index (χ3v) is 8.22. The van der Waals surface area contributed by atoms with E-state index in [9.17, 15) is 19.8 Å². The monoisotopic (exact) mass is 423 g/mol. The first-order valence-corrected chi connectivity index (χ1v) is 11.2. The van der Waals surface area contributed by atoms with Gasteiger partial charge in [0, 0.05) is 42.6 Å². The van der Waals surface area contributed by atoms with Crippen molar-refractivity contribution in [1.29, 1.82) is 0 Å². The molecule has 7 nitrogen and oxygen atoms in total. The summed E-state index contributed by atoms with van der Waals surface area (Å²) in [5.41, 5.74) is 0.196. The first-order chi connectivity index (χ1) is 13.6. The van der Waals surface area contributed by atoms with Crippen molar-refractivity contribution in [3.05, 3.63) is 15.6 Å². The van der Waals surface area contributed by atoms with Gasteiger partial charge in [0.25, 0.3) is 0 Å². The summed E-state index contributed by atoms with van der Waals surface area (Å²) in [6, 6.07) is 0. The fourth-order valence-corrected chi connectivity index (χ4v) is 6.51. The van der Waals surface area contributed by atoms with Gasteiger partial charge in [-0.1, -0.05) is 13.8 Å². The second-order valence-electron chi connectivity index (χ2n) is 9.11. The molecular formula is C21H33N3O4S. The molecule has 0 radical (unpaired) electrons. The highest BCUT2D eigenvalue weighted by Crippen LogP contribution is 2.62. The Balaban J connectivity index is 1.86. The van der Waals surface area contributed by atoms with Crippen molar-refractivity contribution >= 4 is 23.2 Å². The summed E-state index contributed by atoms with van der Waals surface area (Å²) in [6.45, 7) is 8.33. The van der Waals surface area contributed by atoms with E-state index < -0.39 is 11.5 Å². The zero-order chi connectivity index (χ0) is 21.4. The average Bonchev–Trinajstić information content (AvgIpc) is 3.04. The third-order valence-electron chi connectivity index (χ3n) is 7.21. The molecule has 0 bridgehead atoms. The molecule has 4 N–H and O–H groups in total. The number of amides is 2. The van der Waals surface area contributed by atoms with Crippen LogP contribution in [-0.4, -0.2) is 52.8 Å². The number of aromatic nitrogens is 1. The molecule has 0 spiro atoms. The van der Waals surface area contributed by atoms with Crippen LogP contribution in [-0.2, 0) is 16.0 Å². The molecule has 29 heavy (non-hydrogen) atoms. The number of aryl methyl sites for hydroxylation is 1. The van der Waals surface area contributed by atoms with Gasteiger partial charge in [0.1, 0.15) is 0 Å². The lowest BCUT2D eigenvalue weighted by molar-refractivity contribution is -0.144. The minimum Gasteiger partial charge on any atom is -0.396 e. The highest BCUT2D eigenvalue weighted by Gasteiger charge is 2.59. The van der Waals surface area contributed by atoms with Gasteiger partial charge >= 0.3 is 0 Å². The molecule has 5 unspecified atom stereocenters. The van der Waals surface area contributed by atoms with E-state index in [1.54, 1.807) is 11.3 Å². The van der Waals surface area contributed by atoms with Gasteiger partial charge in [-0.25, -0.2) is 4.98 Å². The molecule has 3 rings (SSSR count). The molecule has 1 aromatic rings. The standard InChI is InChI=1S/C21H33N3O4S/c1-12(26)22-7-8-23-18(28)9-14-19-15(29-13(2)24-19)10-16-20(14,3)6-5-17(27)21(16,4)11-25/h14,16-17,25,27H,5-11H2,1-4H3,(H,22,26)(H,23,28). The smallest absolute Gasteiger partial charge is 0.220 e. The predicted octanol–water partition coefficient (Wildman–Crippen LogP) is 1.51. The quantitative estimate of drug-likeness (QED) is 0.518. The van der Waals surface area contributed by atoms with Gasteiger partial charge in [0.2, 0.25) is 11.8 Å². The van der Waals surface area contributed by atoms with Crippen molar-refractivity contribution in [2.45, 2.75) is 65.4 Å². The Bertz CT molecular complexity index is 782. The molecule has 8 heteroatoms. The van der Waals surface area contributed by atoms with Crippen molar-refractivity contribution < 1.29 is 19.8 Å². The Labute approximate surface area is 176 Å². The summed E-state index contributed by atoms with van der Waals surface area (Å²) in [6.07, 6.45) is 1.97. The van der Waals surface area contributed by atoms with Crippen LogP contribution in [0.2, 0.25) is 0 Å². The molecule has 5 atom stereocenters. The van der Waals surface area contributed by atoms with Crippen LogP contribution in [0.1, 0.15) is 61.5 Å². The Morgan fingerprint density at radius 3 is 2.62 bits per heavy atom. The van der Waals surface area contributed by atoms with Crippen molar-refractivity contribution in [1.82, 2.24) is 15.6 Å². The average molecular weight is 424 g/mol. The lowest BCUT2D eigenvalue weighted by atomic mass is 9.47. The van der Waals surface area contributed by atoms with E-state index in [1.807, 2.05) is 13.8 Å². The molecule has 1 heterocycles. The SMILES string of the molecule is CC(=O)NCCNC(=O)CC1c2nc(C)sc2CC2C(C)(CO)C(O)CCC12C. The molecule has 1 aromatic heterocycles. The van der Waals surface area contributed by atoms with Gasteiger partial charge in [0.15, 0.2) is 0 Å². The molecule has 2 aliphatic carbocycles. The fourth-order valence-electron chi connectivity index (χ4n) is 5.47. The fraction of sp³-hybridized carbons (Fsp3) is 0.762. The van der Waals surface area contributed by atoms with E-state index in [0.717, 1.165) is 23.5 Å². The summed E-state index contributed by atoms with van der Waals surface area (Å²) in [4.78, 5) is 29.7. The van der Waals surface area contributed by atoms with Gasteiger partial charge in [-0.2, -0.15) is 0 Å². The van der Waals surface area contributed by atoms with Crippen LogP contribution in [0.3, 0.4) is 0 Å². The van der Waals surface area contributed by atoms with E-state index in [2.05, 4.69) is 17.6 Å². The highest BCUT2D eigenvalue weighted by atomic mass is 32.1. The van der Waals surface area contributed by atoms with E-state index in [0.29, 0.717) is 25.9 Å². The Morgan fingerprint density at radius 1 is 1.28 bits per heavy atom. The van der Waals surface area contributed by atoms with Crippen LogP contribution in [0.5, 0.6) is 0 Å². The summed E-state index contributed by atoms with van der Waals surface area (Å²) < 4.78 is 0. The maximum Gasteiger partial charge on any atom is 0.220 e. The predicted molar refractivity (Wildman–Crippen MR) is 112 cm³/mol. The van der Waals surface area contributed by atoms with E-state index in [-0.39, 0.29) is 35.7 Å². The molecule has 1 saturated carbocycles. The number of nitrogens with one attached hydrogen (secondary N) is 2. The van der Waals surface area contributed by atoms with Gasteiger partial charge in [-0.15, -0.1) is 11.3 Å². The minimum atomic E-state index is -0.595. The zero-order valence-electron chi connectivity index (χ0n) is 17.7. The third kappa shape index (κ3) is 4.07. The highest BCUT2D eigenvalue weighted by molar-refractivity contribution is 7.11. The number of thiazole rings is 1. The molecule has 2 aliphatic rings. The van der Waals surface area contributed by atoms with E-state index >= 15 is 0 Å². The second kappa shape index (κ2) is 8.32. The van der Waals surface area contributed by atoms with Gasteiger partial charge in [-0.3, -0.25) is 9.59 Å². The van der Waals surface area contributed by atoms with Crippen molar-refractivity contribution in [3.63, 3.8) is 0 Å². The molecule has 0 aliphatic heterocycles. The summed E-state index contributed by atoms with van der Waals surface area (Å²) in [5.74, 6) is -0.155. The number of nitrogens with zero attached hydrogens (tertiary/aromatic N) is 1. The Hall–Kier alpha value is -1.51. The number of aliphatic hydroxyl groups is 2. The van der Waals surface area contributed by atoms with Crippen LogP contribution >= 0.6 is 11.3 Å². The van der Waals surface area contributed by atoms with Crippen LogP contribution in [0, 0.1) is 23.7 Å². The number of aliphatic hydroxyl groups excluding tert-OH is 2. The van der Waals surface area contributed by atoms with E-state index in [1.165, 1.54) is 11.8 Å². The van der Waals surface area contributed by atoms with E-state index in [4.69, 9.17) is 4.98 Å². The minimum absolute atomic E-state index is 0.0552. The number of fused-ring (bicyclic) bond motifs is 2. The van der Waals surface area contributed by atoms with Crippen LogP contribution in [0.25, 0.3) is 0 Å². The van der Waals surface area contributed by atoms with Crippen molar-refractivity contribution in [2.24, 2.45) is 16.7 Å². The maximum atomic E-state index is 12.7. The summed E-state index contributed by atoms with van der Waals surface area (Å²) >= 11 is 1.66. The number of hydrogen-bond acceptors (Lipinski definition) is 6. The first-order valence-electron chi connectivity index (χ1n) is 10.4. The van der Waals surface area contributed by atoms with Gasteiger partial charge < -0.3 is 20.8 Å². The first kappa shape index (κ1) is 22.2. The van der Waals surface area contributed by atoms with Crippen LogP contribution in [0.4, 0.5) is 0 Å². The Morgan fingerprint density at radius 2 is 1.97 bits per heavy atom. The number of carbonyl (C=O) groups is 2. The van der Waals surface area contributed by atoms with Gasteiger partial charge in [-0.05, 0) is 37.5 Å².